The van der Waals surface area contributed by atoms with Crippen LogP contribution in [0.3, 0.4) is 0 Å². The second-order valence-corrected chi connectivity index (χ2v) is 3.43. The molecule has 0 aliphatic rings. The third-order valence-corrected chi connectivity index (χ3v) is 2.01. The molecule has 0 bridgehead atoms. The van der Waals surface area contributed by atoms with Gasteiger partial charge in [-0.25, -0.2) is 4.98 Å². The van der Waals surface area contributed by atoms with Crippen LogP contribution >= 0.6 is 0 Å². The summed E-state index contributed by atoms with van der Waals surface area (Å²) < 4.78 is 6.88. The van der Waals surface area contributed by atoms with Gasteiger partial charge in [0.2, 0.25) is 5.88 Å². The van der Waals surface area contributed by atoms with Crippen LogP contribution in [0.15, 0.2) is 18.7 Å². The van der Waals surface area contributed by atoms with Crippen LogP contribution in [0.25, 0.3) is 0 Å². The van der Waals surface area contributed by atoms with Crippen LogP contribution in [0.4, 0.5) is 0 Å². The molecule has 17 heavy (non-hydrogen) atoms. The first-order valence-electron chi connectivity index (χ1n) is 5.33. The van der Waals surface area contributed by atoms with Gasteiger partial charge in [-0.05, 0) is 6.54 Å². The number of rotatable bonds is 5. The molecule has 0 aromatic carbocycles. The lowest BCUT2D eigenvalue weighted by Gasteiger charge is -2.02. The smallest absolute Gasteiger partial charge is 0.342 e. The Hall–Kier alpha value is -2.02. The van der Waals surface area contributed by atoms with E-state index in [4.69, 9.17) is 4.74 Å². The fourth-order valence-electron chi connectivity index (χ4n) is 1.20. The summed E-state index contributed by atoms with van der Waals surface area (Å²) in [5, 5.41) is 7.15. The van der Waals surface area contributed by atoms with Crippen molar-refractivity contribution in [2.75, 3.05) is 6.54 Å². The number of nitrogens with zero attached hydrogens (tertiary/aromatic N) is 5. The van der Waals surface area contributed by atoms with Crippen LogP contribution in [-0.2, 0) is 13.6 Å². The molecule has 90 valence electrons. The Morgan fingerprint density at radius 1 is 1.29 bits per heavy atom. The Morgan fingerprint density at radius 2 is 2.18 bits per heavy atom. The van der Waals surface area contributed by atoms with Crippen molar-refractivity contribution < 1.29 is 4.74 Å². The molecule has 0 fully saturated rings. The number of hydrogen-bond donors (Lipinski definition) is 1. The molecule has 2 aromatic rings. The van der Waals surface area contributed by atoms with Gasteiger partial charge in [0.1, 0.15) is 6.33 Å². The molecule has 0 saturated heterocycles. The summed E-state index contributed by atoms with van der Waals surface area (Å²) in [6.07, 6.45) is 4.78. The van der Waals surface area contributed by atoms with Crippen molar-refractivity contribution >= 4 is 0 Å². The molecule has 7 heteroatoms. The van der Waals surface area contributed by atoms with E-state index in [1.807, 2.05) is 6.92 Å². The van der Waals surface area contributed by atoms with E-state index >= 15 is 0 Å². The maximum atomic E-state index is 5.32. The summed E-state index contributed by atoms with van der Waals surface area (Å²) in [5.41, 5.74) is 0.869. The zero-order valence-electron chi connectivity index (χ0n) is 9.79. The highest BCUT2D eigenvalue weighted by molar-refractivity contribution is 5.11. The van der Waals surface area contributed by atoms with Crippen molar-refractivity contribution in [1.82, 2.24) is 30.0 Å². The Kier molecular flexibility index (Phi) is 3.61. The molecule has 0 aliphatic heterocycles. The molecule has 2 heterocycles. The minimum atomic E-state index is 0.265. The molecule has 1 N–H and O–H groups in total. The Labute approximate surface area is 98.9 Å². The average molecular weight is 234 g/mol. The Morgan fingerprint density at radius 3 is 2.76 bits per heavy atom. The number of aryl methyl sites for hydroxylation is 1. The van der Waals surface area contributed by atoms with Gasteiger partial charge >= 0.3 is 6.01 Å². The minimum absolute atomic E-state index is 0.265. The van der Waals surface area contributed by atoms with Crippen LogP contribution in [0.2, 0.25) is 0 Å². The summed E-state index contributed by atoms with van der Waals surface area (Å²) in [6.45, 7) is 3.64. The topological polar surface area (TPSA) is 77.8 Å². The van der Waals surface area contributed by atoms with E-state index in [1.54, 1.807) is 30.5 Å². The highest BCUT2D eigenvalue weighted by atomic mass is 16.5. The normalized spacial score (nSPS) is 10.5. The van der Waals surface area contributed by atoms with E-state index < -0.39 is 0 Å². The lowest BCUT2D eigenvalue weighted by molar-refractivity contribution is 0.419. The van der Waals surface area contributed by atoms with E-state index in [-0.39, 0.29) is 6.01 Å². The fourth-order valence-corrected chi connectivity index (χ4v) is 1.20. The summed E-state index contributed by atoms with van der Waals surface area (Å²) >= 11 is 0. The van der Waals surface area contributed by atoms with Gasteiger partial charge in [0.25, 0.3) is 0 Å². The zero-order valence-corrected chi connectivity index (χ0v) is 9.79. The molecule has 0 spiro atoms. The van der Waals surface area contributed by atoms with Crippen LogP contribution in [-0.4, -0.2) is 31.3 Å². The van der Waals surface area contributed by atoms with Crippen molar-refractivity contribution in [2.24, 2.45) is 7.05 Å². The molecule has 2 aromatic heterocycles. The van der Waals surface area contributed by atoms with Crippen LogP contribution < -0.4 is 10.1 Å². The van der Waals surface area contributed by atoms with Gasteiger partial charge in [0.05, 0.1) is 18.1 Å². The summed E-state index contributed by atoms with van der Waals surface area (Å²) in [6, 6.07) is 0.265. The van der Waals surface area contributed by atoms with Gasteiger partial charge in [-0.15, -0.1) is 5.10 Å². The largest absolute Gasteiger partial charge is 0.402 e. The number of nitrogens with one attached hydrogen (secondary N) is 1. The van der Waals surface area contributed by atoms with E-state index in [9.17, 15) is 0 Å². The molecule has 0 unspecified atom stereocenters. The third kappa shape index (κ3) is 3.22. The standard InChI is InChI=1S/C10H14N6O/c1-3-11-4-8-5-13-9(6-12-8)17-10-14-7-16(2)15-10/h5-7,11H,3-4H2,1-2H3. The fraction of sp³-hybridized carbons (Fsp3) is 0.400. The van der Waals surface area contributed by atoms with E-state index in [0.717, 1.165) is 12.2 Å². The number of aromatic nitrogens is 5. The molecule has 0 atom stereocenters. The SMILES string of the molecule is CCNCc1cnc(Oc2ncn(C)n2)cn1. The van der Waals surface area contributed by atoms with Gasteiger partial charge in [-0.3, -0.25) is 9.67 Å². The second kappa shape index (κ2) is 5.35. The first-order chi connectivity index (χ1) is 8.28. The molecule has 0 radical (unpaired) electrons. The minimum Gasteiger partial charge on any atom is -0.402 e. The van der Waals surface area contributed by atoms with Crippen molar-refractivity contribution in [3.05, 3.63) is 24.4 Å². The van der Waals surface area contributed by atoms with Gasteiger partial charge in [-0.2, -0.15) is 4.98 Å². The van der Waals surface area contributed by atoms with Gasteiger partial charge < -0.3 is 10.1 Å². The third-order valence-electron chi connectivity index (χ3n) is 2.01. The molecule has 0 amide bonds. The van der Waals surface area contributed by atoms with Gasteiger partial charge in [0, 0.05) is 13.6 Å². The molecular weight excluding hydrogens is 220 g/mol. The Bertz CT molecular complexity index is 466. The lowest BCUT2D eigenvalue weighted by atomic mass is 10.4. The highest BCUT2D eigenvalue weighted by Gasteiger charge is 2.03. The predicted octanol–water partition coefficient (Wildman–Crippen LogP) is 0.507. The quantitative estimate of drug-likeness (QED) is 0.812. The predicted molar refractivity (Wildman–Crippen MR) is 60.5 cm³/mol. The van der Waals surface area contributed by atoms with Crippen molar-refractivity contribution in [1.29, 1.82) is 0 Å². The van der Waals surface area contributed by atoms with Crippen LogP contribution in [0, 0.1) is 0 Å². The van der Waals surface area contributed by atoms with Gasteiger partial charge in [-0.1, -0.05) is 6.92 Å². The van der Waals surface area contributed by atoms with E-state index in [1.165, 1.54) is 0 Å². The van der Waals surface area contributed by atoms with Crippen molar-refractivity contribution in [3.63, 3.8) is 0 Å². The lowest BCUT2D eigenvalue weighted by Crippen LogP contribution is -2.13. The van der Waals surface area contributed by atoms with Crippen LogP contribution in [0.1, 0.15) is 12.6 Å². The molecular formula is C10H14N6O. The summed E-state index contributed by atoms with van der Waals surface area (Å²) in [4.78, 5) is 12.3. The number of hydrogen-bond acceptors (Lipinski definition) is 6. The molecule has 7 nitrogen and oxygen atoms in total. The first-order valence-corrected chi connectivity index (χ1v) is 5.33. The molecule has 0 saturated carbocycles. The highest BCUT2D eigenvalue weighted by Crippen LogP contribution is 2.12. The van der Waals surface area contributed by atoms with E-state index in [0.29, 0.717) is 12.4 Å². The average Bonchev–Trinajstić information content (AvgIpc) is 2.74. The Balaban J connectivity index is 1.98. The summed E-state index contributed by atoms with van der Waals surface area (Å²) in [7, 11) is 1.77. The van der Waals surface area contributed by atoms with Gasteiger partial charge in [0.15, 0.2) is 0 Å². The van der Waals surface area contributed by atoms with E-state index in [2.05, 4.69) is 25.4 Å². The van der Waals surface area contributed by atoms with Crippen LogP contribution in [0.5, 0.6) is 11.9 Å². The van der Waals surface area contributed by atoms with Crippen molar-refractivity contribution in [3.8, 4) is 11.9 Å². The maximum absolute atomic E-state index is 5.32. The zero-order chi connectivity index (χ0) is 12.1. The monoisotopic (exact) mass is 234 g/mol. The second-order valence-electron chi connectivity index (χ2n) is 3.43. The molecule has 0 aliphatic carbocycles. The maximum Gasteiger partial charge on any atom is 0.342 e. The first kappa shape index (κ1) is 11.5. The summed E-state index contributed by atoms with van der Waals surface area (Å²) in [5.74, 6) is 0.386. The number of ether oxygens (including phenoxy) is 1. The molecule has 2 rings (SSSR count). The van der Waals surface area contributed by atoms with Crippen molar-refractivity contribution in [2.45, 2.75) is 13.5 Å².